The van der Waals surface area contributed by atoms with Crippen molar-refractivity contribution in [2.45, 2.75) is 25.7 Å². The first-order chi connectivity index (χ1) is 6.65. The SMILES string of the molecule is O=C(O)N1CC2(CCC(CO)CC2)C1. The Morgan fingerprint density at radius 1 is 1.36 bits per heavy atom. The second-order valence-corrected chi connectivity index (χ2v) is 4.76. The van der Waals surface area contributed by atoms with Gasteiger partial charge in [0.1, 0.15) is 0 Å². The van der Waals surface area contributed by atoms with Crippen molar-refractivity contribution >= 4 is 6.09 Å². The molecule has 0 atom stereocenters. The Labute approximate surface area is 83.5 Å². The number of aliphatic hydroxyl groups is 1. The molecule has 1 amide bonds. The van der Waals surface area contributed by atoms with E-state index in [0.717, 1.165) is 25.7 Å². The van der Waals surface area contributed by atoms with Gasteiger partial charge in [-0.3, -0.25) is 0 Å². The van der Waals surface area contributed by atoms with Crippen molar-refractivity contribution in [3.05, 3.63) is 0 Å². The van der Waals surface area contributed by atoms with Crippen molar-refractivity contribution in [1.82, 2.24) is 4.90 Å². The molecule has 0 unspecified atom stereocenters. The number of hydrogen-bond donors (Lipinski definition) is 2. The molecule has 1 saturated carbocycles. The highest BCUT2D eigenvalue weighted by Crippen LogP contribution is 2.45. The summed E-state index contributed by atoms with van der Waals surface area (Å²) in [5.74, 6) is 0.458. The van der Waals surface area contributed by atoms with Crippen molar-refractivity contribution in [3.8, 4) is 0 Å². The van der Waals surface area contributed by atoms with E-state index in [0.29, 0.717) is 25.6 Å². The average Bonchev–Trinajstić information content (AvgIpc) is 2.14. The Bertz CT molecular complexity index is 226. The van der Waals surface area contributed by atoms with Crippen molar-refractivity contribution in [2.24, 2.45) is 11.3 Å². The molecule has 1 aliphatic heterocycles. The molecule has 2 rings (SSSR count). The first kappa shape index (κ1) is 9.77. The maximum Gasteiger partial charge on any atom is 0.407 e. The molecule has 0 aromatic rings. The highest BCUT2D eigenvalue weighted by molar-refractivity contribution is 5.66. The molecule has 1 aliphatic carbocycles. The Hall–Kier alpha value is -0.770. The molecule has 0 aromatic carbocycles. The maximum absolute atomic E-state index is 10.6. The van der Waals surface area contributed by atoms with Crippen LogP contribution in [0.25, 0.3) is 0 Å². The molecule has 80 valence electrons. The molecule has 0 bridgehead atoms. The zero-order valence-corrected chi connectivity index (χ0v) is 8.28. The zero-order chi connectivity index (χ0) is 10.2. The summed E-state index contributed by atoms with van der Waals surface area (Å²) in [6.45, 7) is 1.71. The van der Waals surface area contributed by atoms with Crippen LogP contribution in [0.5, 0.6) is 0 Å². The fourth-order valence-electron chi connectivity index (χ4n) is 2.69. The van der Waals surface area contributed by atoms with Gasteiger partial charge < -0.3 is 15.1 Å². The molecule has 1 heterocycles. The molecule has 2 aliphatic rings. The molecule has 4 heteroatoms. The molecule has 14 heavy (non-hydrogen) atoms. The Kier molecular flexibility index (Phi) is 2.39. The van der Waals surface area contributed by atoms with Crippen LogP contribution in [0.15, 0.2) is 0 Å². The number of carbonyl (C=O) groups is 1. The van der Waals surface area contributed by atoms with Gasteiger partial charge in [-0.25, -0.2) is 4.79 Å². The quantitative estimate of drug-likeness (QED) is 0.666. The topological polar surface area (TPSA) is 60.8 Å². The highest BCUT2D eigenvalue weighted by atomic mass is 16.4. The second-order valence-electron chi connectivity index (χ2n) is 4.76. The Morgan fingerprint density at radius 3 is 2.36 bits per heavy atom. The van der Waals surface area contributed by atoms with Gasteiger partial charge in [0.05, 0.1) is 0 Å². The van der Waals surface area contributed by atoms with Crippen LogP contribution in [-0.4, -0.2) is 40.9 Å². The van der Waals surface area contributed by atoms with Gasteiger partial charge in [0, 0.05) is 25.1 Å². The molecule has 2 N–H and O–H groups in total. The van der Waals surface area contributed by atoms with E-state index in [1.54, 1.807) is 0 Å². The van der Waals surface area contributed by atoms with Crippen LogP contribution in [0.1, 0.15) is 25.7 Å². The highest BCUT2D eigenvalue weighted by Gasteiger charge is 2.46. The zero-order valence-electron chi connectivity index (χ0n) is 8.28. The van der Waals surface area contributed by atoms with Gasteiger partial charge in [-0.2, -0.15) is 0 Å². The van der Waals surface area contributed by atoms with E-state index in [4.69, 9.17) is 10.2 Å². The number of likely N-dealkylation sites (tertiary alicyclic amines) is 1. The van der Waals surface area contributed by atoms with Gasteiger partial charge in [-0.15, -0.1) is 0 Å². The van der Waals surface area contributed by atoms with Crippen LogP contribution in [0.2, 0.25) is 0 Å². The fraction of sp³-hybridized carbons (Fsp3) is 0.900. The van der Waals surface area contributed by atoms with E-state index in [9.17, 15) is 4.79 Å². The standard InChI is InChI=1S/C10H17NO3/c12-5-8-1-3-10(4-2-8)6-11(7-10)9(13)14/h8,12H,1-7H2,(H,13,14). The summed E-state index contributed by atoms with van der Waals surface area (Å²) < 4.78 is 0. The van der Waals surface area contributed by atoms with Gasteiger partial charge in [-0.05, 0) is 31.6 Å². The van der Waals surface area contributed by atoms with E-state index >= 15 is 0 Å². The van der Waals surface area contributed by atoms with Crippen molar-refractivity contribution in [1.29, 1.82) is 0 Å². The molecule has 4 nitrogen and oxygen atoms in total. The predicted molar refractivity (Wildman–Crippen MR) is 51.1 cm³/mol. The normalized spacial score (nSPS) is 26.2. The van der Waals surface area contributed by atoms with E-state index < -0.39 is 6.09 Å². The van der Waals surface area contributed by atoms with Crippen molar-refractivity contribution in [2.75, 3.05) is 19.7 Å². The van der Waals surface area contributed by atoms with Gasteiger partial charge in [0.15, 0.2) is 0 Å². The molecule has 2 fully saturated rings. The van der Waals surface area contributed by atoms with Gasteiger partial charge in [0.2, 0.25) is 0 Å². The van der Waals surface area contributed by atoms with Crippen LogP contribution in [0.3, 0.4) is 0 Å². The molecule has 1 saturated heterocycles. The number of nitrogens with zero attached hydrogens (tertiary/aromatic N) is 1. The third-order valence-corrected chi connectivity index (χ3v) is 3.75. The number of rotatable bonds is 1. The summed E-state index contributed by atoms with van der Waals surface area (Å²) >= 11 is 0. The molecule has 0 radical (unpaired) electrons. The van der Waals surface area contributed by atoms with Crippen LogP contribution in [0.4, 0.5) is 4.79 Å². The second kappa shape index (κ2) is 3.42. The van der Waals surface area contributed by atoms with E-state index in [1.807, 2.05) is 0 Å². The van der Waals surface area contributed by atoms with Gasteiger partial charge in [-0.1, -0.05) is 0 Å². The lowest BCUT2D eigenvalue weighted by molar-refractivity contribution is -0.0301. The monoisotopic (exact) mass is 199 g/mol. The fourth-order valence-corrected chi connectivity index (χ4v) is 2.69. The van der Waals surface area contributed by atoms with Crippen LogP contribution < -0.4 is 0 Å². The first-order valence-electron chi connectivity index (χ1n) is 5.24. The minimum absolute atomic E-state index is 0.268. The minimum atomic E-state index is -0.792. The van der Waals surface area contributed by atoms with Crippen molar-refractivity contribution in [3.63, 3.8) is 0 Å². The predicted octanol–water partition coefficient (Wildman–Crippen LogP) is 1.15. The van der Waals surface area contributed by atoms with Crippen LogP contribution in [0, 0.1) is 11.3 Å². The first-order valence-corrected chi connectivity index (χ1v) is 5.24. The summed E-state index contributed by atoms with van der Waals surface area (Å²) in [6.07, 6.45) is 3.50. The lowest BCUT2D eigenvalue weighted by atomic mass is 9.66. The number of aliphatic hydroxyl groups excluding tert-OH is 1. The Balaban J connectivity index is 1.82. The summed E-state index contributed by atoms with van der Waals surface area (Å²) in [5.41, 5.74) is 0.268. The van der Waals surface area contributed by atoms with Crippen molar-refractivity contribution < 1.29 is 15.0 Å². The van der Waals surface area contributed by atoms with Crippen LogP contribution >= 0.6 is 0 Å². The lowest BCUT2D eigenvalue weighted by Crippen LogP contribution is -2.59. The molecule has 0 aromatic heterocycles. The Morgan fingerprint density at radius 2 is 1.93 bits per heavy atom. The third-order valence-electron chi connectivity index (χ3n) is 3.75. The van der Waals surface area contributed by atoms with Gasteiger partial charge in [0.25, 0.3) is 0 Å². The van der Waals surface area contributed by atoms with E-state index in [2.05, 4.69) is 0 Å². The number of amides is 1. The lowest BCUT2D eigenvalue weighted by Gasteiger charge is -2.52. The minimum Gasteiger partial charge on any atom is -0.465 e. The molecule has 1 spiro atoms. The number of hydrogen-bond acceptors (Lipinski definition) is 2. The van der Waals surface area contributed by atoms with E-state index in [-0.39, 0.29) is 5.41 Å². The maximum atomic E-state index is 10.6. The molecular weight excluding hydrogens is 182 g/mol. The van der Waals surface area contributed by atoms with Gasteiger partial charge >= 0.3 is 6.09 Å². The largest absolute Gasteiger partial charge is 0.465 e. The summed E-state index contributed by atoms with van der Waals surface area (Å²) in [4.78, 5) is 12.1. The number of carboxylic acid groups (broad SMARTS) is 1. The van der Waals surface area contributed by atoms with E-state index in [1.165, 1.54) is 4.90 Å². The summed E-state index contributed by atoms with van der Waals surface area (Å²) in [6, 6.07) is 0. The average molecular weight is 199 g/mol. The molecular formula is C10H17NO3. The summed E-state index contributed by atoms with van der Waals surface area (Å²) in [5, 5.41) is 17.7. The summed E-state index contributed by atoms with van der Waals surface area (Å²) in [7, 11) is 0. The smallest absolute Gasteiger partial charge is 0.407 e. The van der Waals surface area contributed by atoms with Crippen LogP contribution in [-0.2, 0) is 0 Å². The third kappa shape index (κ3) is 1.59.